The van der Waals surface area contributed by atoms with E-state index in [1.54, 1.807) is 17.0 Å². The topological polar surface area (TPSA) is 56.7 Å². The first kappa shape index (κ1) is 13.2. The molecule has 0 unspecified atom stereocenters. The van der Waals surface area contributed by atoms with Gasteiger partial charge in [0.15, 0.2) is 5.82 Å². The fraction of sp³-hybridized carbons (Fsp3) is 0.0714. The van der Waals surface area contributed by atoms with Gasteiger partial charge in [0, 0.05) is 31.0 Å². The van der Waals surface area contributed by atoms with Gasteiger partial charge in [-0.05, 0) is 12.1 Å². The Labute approximate surface area is 116 Å². The predicted octanol–water partition coefficient (Wildman–Crippen LogP) is 2.29. The summed E-state index contributed by atoms with van der Waals surface area (Å²) in [7, 11) is 1.85. The van der Waals surface area contributed by atoms with Crippen molar-refractivity contribution >= 4 is 28.1 Å². The molecule has 0 atom stereocenters. The zero-order chi connectivity index (χ0) is 13.7. The first-order valence-corrected chi connectivity index (χ1v) is 6.16. The van der Waals surface area contributed by atoms with Crippen molar-refractivity contribution in [3.8, 4) is 0 Å². The molecule has 0 aliphatic carbocycles. The number of nitrogens with two attached hydrogens (primary N) is 1. The summed E-state index contributed by atoms with van der Waals surface area (Å²) in [6.07, 6.45) is 5.27. The van der Waals surface area contributed by atoms with E-state index in [2.05, 4.69) is 22.1 Å². The lowest BCUT2D eigenvalue weighted by Gasteiger charge is -1.94. The molecule has 2 N–H and O–H groups in total. The van der Waals surface area contributed by atoms with Gasteiger partial charge in [-0.25, -0.2) is 4.98 Å². The molecule has 0 spiro atoms. The van der Waals surface area contributed by atoms with Crippen LogP contribution in [0.5, 0.6) is 0 Å². The third-order valence-electron chi connectivity index (χ3n) is 2.55. The molecular formula is C14H14N4S. The van der Waals surface area contributed by atoms with Crippen molar-refractivity contribution in [3.63, 3.8) is 0 Å². The highest BCUT2D eigenvalue weighted by Gasteiger charge is 1.98. The quantitative estimate of drug-likeness (QED) is 0.689. The van der Waals surface area contributed by atoms with Crippen LogP contribution in [-0.2, 0) is 7.05 Å². The van der Waals surface area contributed by atoms with Gasteiger partial charge in [0.2, 0.25) is 0 Å². The third kappa shape index (κ3) is 3.35. The number of imidazole rings is 1. The molecule has 19 heavy (non-hydrogen) atoms. The number of hydrogen-bond acceptors (Lipinski definition) is 3. The van der Waals surface area contributed by atoms with Crippen LogP contribution in [0.25, 0.3) is 10.9 Å². The molecule has 96 valence electrons. The third-order valence-corrected chi connectivity index (χ3v) is 2.74. The van der Waals surface area contributed by atoms with Crippen LogP contribution >= 0.6 is 12.2 Å². The van der Waals surface area contributed by atoms with Crippen LogP contribution in [0.4, 0.5) is 0 Å². The van der Waals surface area contributed by atoms with Crippen LogP contribution < -0.4 is 5.73 Å². The molecule has 0 fully saturated rings. The van der Waals surface area contributed by atoms with E-state index >= 15 is 0 Å². The molecule has 0 saturated heterocycles. The molecule has 2 aromatic heterocycles. The Morgan fingerprint density at radius 1 is 1.11 bits per heavy atom. The Morgan fingerprint density at radius 3 is 2.42 bits per heavy atom. The smallest absolute Gasteiger partial charge is 0.167 e. The van der Waals surface area contributed by atoms with Gasteiger partial charge in [-0.2, -0.15) is 0 Å². The summed E-state index contributed by atoms with van der Waals surface area (Å²) in [6, 6.07) is 12.1. The number of hydrogen-bond donors (Lipinski definition) is 1. The largest absolute Gasteiger partial charge is 0.387 e. The zero-order valence-corrected chi connectivity index (χ0v) is 11.3. The molecule has 3 aromatic rings. The van der Waals surface area contributed by atoms with Gasteiger partial charge in [0.05, 0.1) is 5.52 Å². The number of benzene rings is 1. The number of pyridine rings is 1. The van der Waals surface area contributed by atoms with Gasteiger partial charge in [0.1, 0.15) is 4.99 Å². The summed E-state index contributed by atoms with van der Waals surface area (Å²) in [6.45, 7) is 0. The maximum atomic E-state index is 5.31. The monoisotopic (exact) mass is 270 g/mol. The van der Waals surface area contributed by atoms with E-state index in [0.29, 0.717) is 10.8 Å². The fourth-order valence-corrected chi connectivity index (χ4v) is 1.82. The maximum Gasteiger partial charge on any atom is 0.167 e. The average molecular weight is 270 g/mol. The summed E-state index contributed by atoms with van der Waals surface area (Å²) < 4.78 is 1.78. The molecule has 0 aliphatic heterocycles. The molecule has 0 aliphatic rings. The van der Waals surface area contributed by atoms with Crippen molar-refractivity contribution in [1.29, 1.82) is 0 Å². The molecule has 4 nitrogen and oxygen atoms in total. The first-order chi connectivity index (χ1) is 9.18. The molecule has 2 heterocycles. The lowest BCUT2D eigenvalue weighted by atomic mass is 10.2. The normalized spacial score (nSPS) is 9.74. The summed E-state index contributed by atoms with van der Waals surface area (Å²) in [5, 5.41) is 1.20. The minimum atomic E-state index is 0.336. The lowest BCUT2D eigenvalue weighted by Crippen LogP contribution is -2.14. The van der Waals surface area contributed by atoms with Crippen LogP contribution in [0.2, 0.25) is 0 Å². The highest BCUT2D eigenvalue weighted by atomic mass is 32.1. The van der Waals surface area contributed by atoms with E-state index in [0.717, 1.165) is 5.52 Å². The van der Waals surface area contributed by atoms with Gasteiger partial charge in [-0.1, -0.05) is 36.5 Å². The van der Waals surface area contributed by atoms with Crippen molar-refractivity contribution in [2.45, 2.75) is 0 Å². The summed E-state index contributed by atoms with van der Waals surface area (Å²) in [4.78, 5) is 8.43. The number of aromatic nitrogens is 3. The fourth-order valence-electron chi connectivity index (χ4n) is 1.62. The molecule has 0 amide bonds. The molecule has 1 aromatic carbocycles. The van der Waals surface area contributed by atoms with Crippen LogP contribution in [-0.4, -0.2) is 19.5 Å². The Balaban J connectivity index is 0.000000141. The molecule has 0 saturated carbocycles. The number of para-hydroxylation sites is 1. The van der Waals surface area contributed by atoms with Crippen LogP contribution in [0, 0.1) is 0 Å². The van der Waals surface area contributed by atoms with E-state index in [1.807, 2.05) is 37.5 Å². The van der Waals surface area contributed by atoms with Crippen molar-refractivity contribution < 1.29 is 0 Å². The highest BCUT2D eigenvalue weighted by molar-refractivity contribution is 7.80. The van der Waals surface area contributed by atoms with Crippen LogP contribution in [0.15, 0.2) is 55.0 Å². The molecular weight excluding hydrogens is 256 g/mol. The minimum absolute atomic E-state index is 0.336. The Bertz CT molecular complexity index is 625. The number of aryl methyl sites for hydroxylation is 1. The van der Waals surface area contributed by atoms with Crippen molar-refractivity contribution in [3.05, 3.63) is 60.8 Å². The predicted molar refractivity (Wildman–Crippen MR) is 80.8 cm³/mol. The second-order valence-electron chi connectivity index (χ2n) is 3.92. The van der Waals surface area contributed by atoms with Crippen LogP contribution in [0.3, 0.4) is 0 Å². The van der Waals surface area contributed by atoms with E-state index in [9.17, 15) is 0 Å². The van der Waals surface area contributed by atoms with Crippen molar-refractivity contribution in [2.24, 2.45) is 12.8 Å². The SMILES string of the molecule is Cn1ccnc1C(N)=S.c1ccc2ncccc2c1. The van der Waals surface area contributed by atoms with E-state index in [1.165, 1.54) is 5.39 Å². The van der Waals surface area contributed by atoms with Crippen LogP contribution in [0.1, 0.15) is 5.82 Å². The van der Waals surface area contributed by atoms with E-state index < -0.39 is 0 Å². The van der Waals surface area contributed by atoms with Gasteiger partial charge in [-0.15, -0.1) is 0 Å². The van der Waals surface area contributed by atoms with Gasteiger partial charge in [-0.3, -0.25) is 4.98 Å². The molecule has 3 rings (SSSR count). The van der Waals surface area contributed by atoms with Gasteiger partial charge < -0.3 is 10.3 Å². The van der Waals surface area contributed by atoms with E-state index in [-0.39, 0.29) is 0 Å². The minimum Gasteiger partial charge on any atom is -0.387 e. The van der Waals surface area contributed by atoms with E-state index in [4.69, 9.17) is 18.0 Å². The molecule has 5 heteroatoms. The standard InChI is InChI=1S/C9H7N.C5H7N3S/c1-2-6-9-8(4-1)5-3-7-10-9;1-8-3-2-7-5(8)4(6)9/h1-7H;2-3H,1H3,(H2,6,9). The molecule has 0 radical (unpaired) electrons. The first-order valence-electron chi connectivity index (χ1n) is 5.75. The second-order valence-corrected chi connectivity index (χ2v) is 4.36. The highest BCUT2D eigenvalue weighted by Crippen LogP contribution is 2.07. The summed E-state index contributed by atoms with van der Waals surface area (Å²) in [5.74, 6) is 0.657. The average Bonchev–Trinajstić information content (AvgIpc) is 2.86. The molecule has 0 bridgehead atoms. The number of nitrogens with zero attached hydrogens (tertiary/aromatic N) is 3. The number of thiocarbonyl (C=S) groups is 1. The number of rotatable bonds is 1. The maximum absolute atomic E-state index is 5.31. The van der Waals surface area contributed by atoms with Crippen molar-refractivity contribution in [1.82, 2.24) is 14.5 Å². The summed E-state index contributed by atoms with van der Waals surface area (Å²) >= 11 is 4.70. The number of fused-ring (bicyclic) bond motifs is 1. The van der Waals surface area contributed by atoms with Gasteiger partial charge >= 0.3 is 0 Å². The Kier molecular flexibility index (Phi) is 4.20. The van der Waals surface area contributed by atoms with Gasteiger partial charge in [0.25, 0.3) is 0 Å². The lowest BCUT2D eigenvalue weighted by molar-refractivity contribution is 0.899. The van der Waals surface area contributed by atoms with Crippen molar-refractivity contribution in [2.75, 3.05) is 0 Å². The Morgan fingerprint density at radius 2 is 1.84 bits per heavy atom. The second kappa shape index (κ2) is 6.06. The zero-order valence-electron chi connectivity index (χ0n) is 10.5. The Hall–Kier alpha value is -2.27. The summed E-state index contributed by atoms with van der Waals surface area (Å²) in [5.41, 5.74) is 6.37.